The highest BCUT2D eigenvalue weighted by molar-refractivity contribution is 7.89. The van der Waals surface area contributed by atoms with Crippen molar-refractivity contribution < 1.29 is 13.5 Å². The molecule has 0 aliphatic carbocycles. The topological polar surface area (TPSA) is 66.4 Å². The molecule has 1 rings (SSSR count). The van der Waals surface area contributed by atoms with Gasteiger partial charge in [-0.3, -0.25) is 0 Å². The molecule has 0 fully saturated rings. The van der Waals surface area contributed by atoms with E-state index in [1.54, 1.807) is 25.1 Å². The summed E-state index contributed by atoms with van der Waals surface area (Å²) in [4.78, 5) is 0.213. The van der Waals surface area contributed by atoms with Crippen molar-refractivity contribution >= 4 is 10.0 Å². The average molecular weight is 271 g/mol. The summed E-state index contributed by atoms with van der Waals surface area (Å²) >= 11 is 0. The molecule has 0 amide bonds. The van der Waals surface area contributed by atoms with Crippen LogP contribution in [0.4, 0.5) is 0 Å². The lowest BCUT2D eigenvalue weighted by Gasteiger charge is -2.25. The zero-order valence-electron chi connectivity index (χ0n) is 11.1. The normalized spacial score (nSPS) is 15.6. The first kappa shape index (κ1) is 15.1. The van der Waals surface area contributed by atoms with Crippen LogP contribution >= 0.6 is 0 Å². The second kappa shape index (κ2) is 5.82. The van der Waals surface area contributed by atoms with Gasteiger partial charge in [0.25, 0.3) is 0 Å². The van der Waals surface area contributed by atoms with Crippen molar-refractivity contribution in [3.05, 3.63) is 30.3 Å². The fourth-order valence-corrected chi connectivity index (χ4v) is 3.07. The third-order valence-corrected chi connectivity index (χ3v) is 3.96. The molecule has 0 aliphatic heterocycles. The summed E-state index contributed by atoms with van der Waals surface area (Å²) in [6.45, 7) is 5.63. The van der Waals surface area contributed by atoms with E-state index < -0.39 is 15.6 Å². The van der Waals surface area contributed by atoms with Crippen molar-refractivity contribution in [1.29, 1.82) is 0 Å². The van der Waals surface area contributed by atoms with Gasteiger partial charge in [-0.15, -0.1) is 0 Å². The number of benzene rings is 1. The molecule has 18 heavy (non-hydrogen) atoms. The van der Waals surface area contributed by atoms with Crippen LogP contribution in [0.5, 0.6) is 0 Å². The molecule has 4 nitrogen and oxygen atoms in total. The van der Waals surface area contributed by atoms with E-state index in [9.17, 15) is 13.5 Å². The van der Waals surface area contributed by atoms with Gasteiger partial charge in [-0.1, -0.05) is 32.0 Å². The molecule has 2 N–H and O–H groups in total. The molecule has 1 unspecified atom stereocenters. The van der Waals surface area contributed by atoms with Crippen LogP contribution in [-0.4, -0.2) is 25.7 Å². The molecule has 0 bridgehead atoms. The summed E-state index contributed by atoms with van der Waals surface area (Å²) in [5, 5.41) is 10.1. The molecular formula is C13H21NO3S. The van der Waals surface area contributed by atoms with Crippen molar-refractivity contribution in [2.45, 2.75) is 37.7 Å². The van der Waals surface area contributed by atoms with Crippen molar-refractivity contribution in [3.63, 3.8) is 0 Å². The fourth-order valence-electron chi connectivity index (χ4n) is 1.89. The Hall–Kier alpha value is -0.910. The van der Waals surface area contributed by atoms with E-state index in [0.717, 1.165) is 0 Å². The van der Waals surface area contributed by atoms with E-state index >= 15 is 0 Å². The van der Waals surface area contributed by atoms with Crippen molar-refractivity contribution in [2.75, 3.05) is 6.54 Å². The van der Waals surface area contributed by atoms with E-state index in [2.05, 4.69) is 4.72 Å². The molecule has 0 saturated carbocycles. The van der Waals surface area contributed by atoms with Crippen molar-refractivity contribution in [2.24, 2.45) is 5.92 Å². The number of rotatable bonds is 6. The van der Waals surface area contributed by atoms with E-state index in [4.69, 9.17) is 0 Å². The first-order valence-corrected chi connectivity index (χ1v) is 7.48. The predicted octanol–water partition coefficient (Wildman–Crippen LogP) is 1.76. The van der Waals surface area contributed by atoms with E-state index in [0.29, 0.717) is 12.3 Å². The summed E-state index contributed by atoms with van der Waals surface area (Å²) in [6.07, 6.45) is 0.546. The molecular weight excluding hydrogens is 250 g/mol. The molecule has 1 aromatic rings. The summed E-state index contributed by atoms with van der Waals surface area (Å²) in [5.41, 5.74) is -1.03. The SMILES string of the molecule is CC(C)CC(C)(O)CNS(=O)(=O)c1ccccc1. The first-order chi connectivity index (χ1) is 8.23. The number of nitrogens with one attached hydrogen (secondary N) is 1. The van der Waals surface area contributed by atoms with Gasteiger partial charge in [-0.05, 0) is 31.4 Å². The lowest BCUT2D eigenvalue weighted by Crippen LogP contribution is -2.41. The molecule has 0 spiro atoms. The molecule has 0 heterocycles. The average Bonchev–Trinajstić information content (AvgIpc) is 2.26. The van der Waals surface area contributed by atoms with Gasteiger partial charge >= 0.3 is 0 Å². The first-order valence-electron chi connectivity index (χ1n) is 6.00. The standard InChI is InChI=1S/C13H21NO3S/c1-11(2)9-13(3,15)10-14-18(16,17)12-7-5-4-6-8-12/h4-8,11,14-15H,9-10H2,1-3H3. The fraction of sp³-hybridized carbons (Fsp3) is 0.538. The van der Waals surface area contributed by atoms with Gasteiger partial charge in [0.1, 0.15) is 0 Å². The van der Waals surface area contributed by atoms with Crippen LogP contribution in [0.2, 0.25) is 0 Å². The predicted molar refractivity (Wildman–Crippen MR) is 71.7 cm³/mol. The Bertz CT molecular complexity index is 466. The Morgan fingerprint density at radius 3 is 2.33 bits per heavy atom. The monoisotopic (exact) mass is 271 g/mol. The van der Waals surface area contributed by atoms with Gasteiger partial charge in [-0.25, -0.2) is 13.1 Å². The van der Waals surface area contributed by atoms with Crippen LogP contribution < -0.4 is 4.72 Å². The Balaban J connectivity index is 2.69. The van der Waals surface area contributed by atoms with Gasteiger partial charge < -0.3 is 5.11 Å². The van der Waals surface area contributed by atoms with E-state index in [1.807, 2.05) is 13.8 Å². The molecule has 1 aromatic carbocycles. The Morgan fingerprint density at radius 1 is 1.28 bits per heavy atom. The Morgan fingerprint density at radius 2 is 1.83 bits per heavy atom. The van der Waals surface area contributed by atoms with E-state index in [1.165, 1.54) is 12.1 Å². The largest absolute Gasteiger partial charge is 0.389 e. The maximum absolute atomic E-state index is 11.9. The van der Waals surface area contributed by atoms with Gasteiger partial charge in [0.05, 0.1) is 10.5 Å². The minimum absolute atomic E-state index is 0.0163. The van der Waals surface area contributed by atoms with Crippen molar-refractivity contribution in [1.82, 2.24) is 4.72 Å². The third-order valence-electron chi connectivity index (χ3n) is 2.54. The molecule has 0 aliphatic rings. The number of hydrogen-bond donors (Lipinski definition) is 2. The van der Waals surface area contributed by atoms with Crippen molar-refractivity contribution in [3.8, 4) is 0 Å². The maximum atomic E-state index is 11.9. The number of hydrogen-bond acceptors (Lipinski definition) is 3. The van der Waals surface area contributed by atoms with Crippen LogP contribution in [0.25, 0.3) is 0 Å². The second-order valence-corrected chi connectivity index (χ2v) is 7.00. The molecule has 0 saturated heterocycles. The highest BCUT2D eigenvalue weighted by atomic mass is 32.2. The van der Waals surface area contributed by atoms with Crippen LogP contribution in [-0.2, 0) is 10.0 Å². The van der Waals surface area contributed by atoms with Crippen LogP contribution in [0.15, 0.2) is 35.2 Å². The van der Waals surface area contributed by atoms with Crippen LogP contribution in [0.3, 0.4) is 0 Å². The molecule has 102 valence electrons. The van der Waals surface area contributed by atoms with Gasteiger partial charge in [0.2, 0.25) is 10.0 Å². The van der Waals surface area contributed by atoms with Gasteiger partial charge in [-0.2, -0.15) is 0 Å². The van der Waals surface area contributed by atoms with Gasteiger partial charge in [0, 0.05) is 6.54 Å². The third kappa shape index (κ3) is 4.76. The number of aliphatic hydroxyl groups is 1. The summed E-state index contributed by atoms with van der Waals surface area (Å²) in [6, 6.07) is 8.15. The maximum Gasteiger partial charge on any atom is 0.240 e. The van der Waals surface area contributed by atoms with Gasteiger partial charge in [0.15, 0.2) is 0 Å². The lowest BCUT2D eigenvalue weighted by molar-refractivity contribution is 0.0437. The highest BCUT2D eigenvalue weighted by Crippen LogP contribution is 2.16. The smallest absolute Gasteiger partial charge is 0.240 e. The molecule has 1 atom stereocenters. The Labute approximate surface area is 109 Å². The molecule has 0 aromatic heterocycles. The second-order valence-electron chi connectivity index (χ2n) is 5.23. The lowest BCUT2D eigenvalue weighted by atomic mass is 9.95. The summed E-state index contributed by atoms with van der Waals surface area (Å²) in [5.74, 6) is 0.307. The van der Waals surface area contributed by atoms with E-state index in [-0.39, 0.29) is 11.4 Å². The number of sulfonamides is 1. The minimum atomic E-state index is -3.54. The molecule has 0 radical (unpaired) electrons. The molecule has 5 heteroatoms. The zero-order chi connectivity index (χ0) is 13.8. The van der Waals surface area contributed by atoms with Crippen LogP contribution in [0, 0.1) is 5.92 Å². The van der Waals surface area contributed by atoms with Crippen LogP contribution in [0.1, 0.15) is 27.2 Å². The Kier molecular flexibility index (Phi) is 4.90. The summed E-state index contributed by atoms with van der Waals surface area (Å²) in [7, 11) is -3.54. The minimum Gasteiger partial charge on any atom is -0.389 e. The zero-order valence-corrected chi connectivity index (χ0v) is 11.9. The summed E-state index contributed by atoms with van der Waals surface area (Å²) < 4.78 is 26.3. The highest BCUT2D eigenvalue weighted by Gasteiger charge is 2.24. The quantitative estimate of drug-likeness (QED) is 0.828.